The van der Waals surface area contributed by atoms with E-state index in [1.54, 1.807) is 0 Å². The predicted molar refractivity (Wildman–Crippen MR) is 100 cm³/mol. The number of carbonyl (C=O) groups is 1. The lowest BCUT2D eigenvalue weighted by Crippen LogP contribution is -2.51. The lowest BCUT2D eigenvalue weighted by atomic mass is 10.00. The Kier molecular flexibility index (Phi) is 6.26. The third kappa shape index (κ3) is 5.16. The van der Waals surface area contributed by atoms with Crippen LogP contribution in [0.25, 0.3) is 0 Å². The van der Waals surface area contributed by atoms with Crippen molar-refractivity contribution in [2.45, 2.75) is 44.7 Å². The first-order valence-electron chi connectivity index (χ1n) is 9.55. The highest BCUT2D eigenvalue weighted by molar-refractivity contribution is 5.76. The number of rotatable bonds is 6. The van der Waals surface area contributed by atoms with Crippen LogP contribution >= 0.6 is 0 Å². The Hall–Kier alpha value is -1.66. The van der Waals surface area contributed by atoms with Crippen LogP contribution in [0.15, 0.2) is 24.4 Å². The molecule has 1 unspecified atom stereocenters. The Balaban J connectivity index is 1.37. The molecule has 3 N–H and O–H groups in total. The van der Waals surface area contributed by atoms with E-state index >= 15 is 0 Å². The summed E-state index contributed by atoms with van der Waals surface area (Å²) in [5.41, 5.74) is 6.07. The maximum absolute atomic E-state index is 12.2. The number of nitrogens with one attached hydrogen (secondary N) is 1. The Bertz CT molecular complexity index is 544. The van der Waals surface area contributed by atoms with Crippen LogP contribution in [-0.2, 0) is 4.79 Å². The second-order valence-electron chi connectivity index (χ2n) is 7.50. The van der Waals surface area contributed by atoms with E-state index in [9.17, 15) is 4.79 Å². The predicted octanol–water partition coefficient (Wildman–Crippen LogP) is 1.23. The molecule has 2 aliphatic rings. The highest BCUT2D eigenvalue weighted by Crippen LogP contribution is 2.26. The summed E-state index contributed by atoms with van der Waals surface area (Å²) in [6.45, 7) is 6.97. The topological polar surface area (TPSA) is 74.5 Å². The Morgan fingerprint density at radius 1 is 1.32 bits per heavy atom. The molecule has 3 atom stereocenters. The van der Waals surface area contributed by atoms with Gasteiger partial charge in [0.05, 0.1) is 0 Å². The van der Waals surface area contributed by atoms with Gasteiger partial charge in [-0.1, -0.05) is 12.5 Å². The molecule has 3 rings (SSSR count). The van der Waals surface area contributed by atoms with Crippen LogP contribution in [0, 0.1) is 5.92 Å². The average Bonchev–Trinajstić information content (AvgIpc) is 3.01. The highest BCUT2D eigenvalue weighted by Gasteiger charge is 2.27. The van der Waals surface area contributed by atoms with Gasteiger partial charge in [-0.15, -0.1) is 0 Å². The van der Waals surface area contributed by atoms with Gasteiger partial charge in [-0.25, -0.2) is 4.98 Å². The van der Waals surface area contributed by atoms with E-state index in [0.29, 0.717) is 12.3 Å². The van der Waals surface area contributed by atoms with Crippen molar-refractivity contribution in [1.29, 1.82) is 0 Å². The first kappa shape index (κ1) is 18.1. The van der Waals surface area contributed by atoms with Gasteiger partial charge in [0, 0.05) is 57.4 Å². The monoisotopic (exact) mass is 345 g/mol. The SMILES string of the molecule is CC(CN1CCN(c2ccccn2)CC1)NC(=O)C[C@@H]1CCC[C@H]1N. The van der Waals surface area contributed by atoms with Crippen molar-refractivity contribution >= 4 is 11.7 Å². The van der Waals surface area contributed by atoms with Gasteiger partial charge >= 0.3 is 0 Å². The molecule has 0 radical (unpaired) electrons. The van der Waals surface area contributed by atoms with Crippen LogP contribution in [0.2, 0.25) is 0 Å². The van der Waals surface area contributed by atoms with Crippen LogP contribution in [-0.4, -0.2) is 60.6 Å². The molecule has 1 aromatic heterocycles. The van der Waals surface area contributed by atoms with Crippen molar-refractivity contribution < 1.29 is 4.79 Å². The quantitative estimate of drug-likeness (QED) is 0.811. The van der Waals surface area contributed by atoms with Gasteiger partial charge in [0.1, 0.15) is 5.82 Å². The number of hydrogen-bond acceptors (Lipinski definition) is 5. The minimum atomic E-state index is 0.155. The number of amides is 1. The number of hydrogen-bond donors (Lipinski definition) is 2. The van der Waals surface area contributed by atoms with E-state index in [1.165, 1.54) is 0 Å². The molecule has 0 spiro atoms. The molecule has 1 aromatic rings. The molecule has 138 valence electrons. The zero-order valence-electron chi connectivity index (χ0n) is 15.2. The van der Waals surface area contributed by atoms with Crippen molar-refractivity contribution in [1.82, 2.24) is 15.2 Å². The van der Waals surface area contributed by atoms with Gasteiger partial charge in [-0.2, -0.15) is 0 Å². The van der Waals surface area contributed by atoms with Gasteiger partial charge in [0.15, 0.2) is 0 Å². The summed E-state index contributed by atoms with van der Waals surface area (Å²) in [6, 6.07) is 6.42. The Labute approximate surface area is 150 Å². The van der Waals surface area contributed by atoms with Crippen molar-refractivity contribution in [3.8, 4) is 0 Å². The van der Waals surface area contributed by atoms with E-state index in [-0.39, 0.29) is 18.0 Å². The molecule has 1 aliphatic heterocycles. The van der Waals surface area contributed by atoms with Crippen LogP contribution in [0.5, 0.6) is 0 Å². The molecule has 2 fully saturated rings. The number of nitrogens with two attached hydrogens (primary N) is 1. The number of aromatic nitrogens is 1. The van der Waals surface area contributed by atoms with Crippen molar-refractivity contribution in [3.05, 3.63) is 24.4 Å². The third-order valence-corrected chi connectivity index (χ3v) is 5.45. The molecule has 1 amide bonds. The van der Waals surface area contributed by atoms with Gasteiger partial charge in [0.2, 0.25) is 5.91 Å². The fraction of sp³-hybridized carbons (Fsp3) is 0.684. The molecular weight excluding hydrogens is 314 g/mol. The Morgan fingerprint density at radius 2 is 2.12 bits per heavy atom. The molecule has 6 heteroatoms. The second kappa shape index (κ2) is 8.63. The Morgan fingerprint density at radius 3 is 2.76 bits per heavy atom. The van der Waals surface area contributed by atoms with Crippen LogP contribution in [0.4, 0.5) is 5.82 Å². The number of carbonyl (C=O) groups excluding carboxylic acids is 1. The third-order valence-electron chi connectivity index (χ3n) is 5.45. The van der Waals surface area contributed by atoms with E-state index < -0.39 is 0 Å². The molecule has 6 nitrogen and oxygen atoms in total. The van der Waals surface area contributed by atoms with E-state index in [2.05, 4.69) is 33.1 Å². The molecule has 2 heterocycles. The number of nitrogens with zero attached hydrogens (tertiary/aromatic N) is 3. The summed E-state index contributed by atoms with van der Waals surface area (Å²) < 4.78 is 0. The molecular formula is C19H31N5O. The first-order chi connectivity index (χ1) is 12.1. The number of anilines is 1. The summed E-state index contributed by atoms with van der Waals surface area (Å²) in [5.74, 6) is 1.58. The highest BCUT2D eigenvalue weighted by atomic mass is 16.1. The van der Waals surface area contributed by atoms with E-state index in [0.717, 1.165) is 57.8 Å². The standard InChI is InChI=1S/C19H31N5O/c1-15(22-19(25)13-16-5-4-6-17(16)20)14-23-9-11-24(12-10-23)18-7-2-3-8-21-18/h2-3,7-8,15-17H,4-6,9-14,20H2,1H3,(H,22,25)/t15?,16-,17+/m0/s1. The van der Waals surface area contributed by atoms with Gasteiger partial charge in [0.25, 0.3) is 0 Å². The maximum Gasteiger partial charge on any atom is 0.220 e. The molecule has 1 aliphatic carbocycles. The minimum Gasteiger partial charge on any atom is -0.354 e. The zero-order valence-corrected chi connectivity index (χ0v) is 15.2. The first-order valence-corrected chi connectivity index (χ1v) is 9.55. The molecule has 1 saturated heterocycles. The number of piperazine rings is 1. The second-order valence-corrected chi connectivity index (χ2v) is 7.50. The van der Waals surface area contributed by atoms with Crippen LogP contribution < -0.4 is 16.0 Å². The summed E-state index contributed by atoms with van der Waals surface area (Å²) in [5, 5.41) is 3.16. The van der Waals surface area contributed by atoms with Gasteiger partial charge in [-0.05, 0) is 37.8 Å². The summed E-state index contributed by atoms with van der Waals surface area (Å²) in [6.07, 6.45) is 5.75. The van der Waals surface area contributed by atoms with Gasteiger partial charge < -0.3 is 16.0 Å². The maximum atomic E-state index is 12.2. The van der Waals surface area contributed by atoms with Crippen molar-refractivity contribution in [3.63, 3.8) is 0 Å². The van der Waals surface area contributed by atoms with Crippen molar-refractivity contribution in [2.75, 3.05) is 37.6 Å². The fourth-order valence-corrected chi connectivity index (χ4v) is 4.02. The summed E-state index contributed by atoms with van der Waals surface area (Å²) in [7, 11) is 0. The molecule has 1 saturated carbocycles. The fourth-order valence-electron chi connectivity index (χ4n) is 4.02. The minimum absolute atomic E-state index is 0.155. The lowest BCUT2D eigenvalue weighted by Gasteiger charge is -2.36. The summed E-state index contributed by atoms with van der Waals surface area (Å²) >= 11 is 0. The van der Waals surface area contributed by atoms with E-state index in [1.807, 2.05) is 18.3 Å². The van der Waals surface area contributed by atoms with Crippen LogP contribution in [0.3, 0.4) is 0 Å². The zero-order chi connectivity index (χ0) is 17.6. The van der Waals surface area contributed by atoms with Crippen LogP contribution in [0.1, 0.15) is 32.6 Å². The lowest BCUT2D eigenvalue weighted by molar-refractivity contribution is -0.122. The summed E-state index contributed by atoms with van der Waals surface area (Å²) in [4.78, 5) is 21.4. The molecule has 0 aromatic carbocycles. The van der Waals surface area contributed by atoms with E-state index in [4.69, 9.17) is 5.73 Å². The molecule has 0 bridgehead atoms. The number of pyridine rings is 1. The molecule has 25 heavy (non-hydrogen) atoms. The average molecular weight is 345 g/mol. The largest absolute Gasteiger partial charge is 0.354 e. The van der Waals surface area contributed by atoms with Crippen molar-refractivity contribution in [2.24, 2.45) is 11.7 Å². The normalized spacial score (nSPS) is 25.8. The smallest absolute Gasteiger partial charge is 0.220 e. The van der Waals surface area contributed by atoms with Gasteiger partial charge in [-0.3, -0.25) is 9.69 Å².